The largest absolute Gasteiger partial charge is 0.0625 e. The van der Waals surface area contributed by atoms with E-state index in [1.807, 2.05) is 0 Å². The second-order valence-electron chi connectivity index (χ2n) is 20.1. The molecule has 0 N–H and O–H groups in total. The van der Waals surface area contributed by atoms with E-state index in [-0.39, 0.29) is 5.41 Å². The zero-order valence-corrected chi connectivity index (χ0v) is 35.0. The summed E-state index contributed by atoms with van der Waals surface area (Å²) in [5, 5.41) is 0. The van der Waals surface area contributed by atoms with Gasteiger partial charge in [0.15, 0.2) is 0 Å². The lowest BCUT2D eigenvalue weighted by Gasteiger charge is -2.64. The van der Waals surface area contributed by atoms with Crippen molar-refractivity contribution in [2.75, 3.05) is 0 Å². The smallest absolute Gasteiger partial charge is 0.0184 e. The van der Waals surface area contributed by atoms with E-state index in [4.69, 9.17) is 0 Å². The van der Waals surface area contributed by atoms with Crippen molar-refractivity contribution in [3.05, 3.63) is 0 Å². The molecule has 1 aliphatic carbocycles. The highest BCUT2D eigenvalue weighted by Crippen LogP contribution is 2.66. The van der Waals surface area contributed by atoms with Crippen LogP contribution in [0.25, 0.3) is 0 Å². The molecule has 0 spiro atoms. The minimum atomic E-state index is 0.258. The van der Waals surface area contributed by atoms with Gasteiger partial charge in [-0.05, 0) is 123 Å². The van der Waals surface area contributed by atoms with Gasteiger partial charge in [-0.2, -0.15) is 0 Å². The predicted molar refractivity (Wildman–Crippen MR) is 202 cm³/mol. The van der Waals surface area contributed by atoms with Crippen LogP contribution in [0.15, 0.2) is 0 Å². The van der Waals surface area contributed by atoms with E-state index in [9.17, 15) is 0 Å². The molecule has 44 heavy (non-hydrogen) atoms. The van der Waals surface area contributed by atoms with Gasteiger partial charge in [0.2, 0.25) is 0 Å². The fourth-order valence-electron chi connectivity index (χ4n) is 13.2. The minimum Gasteiger partial charge on any atom is -0.0625 e. The highest BCUT2D eigenvalue weighted by atomic mass is 14.7. The van der Waals surface area contributed by atoms with Crippen molar-refractivity contribution in [2.45, 2.75) is 159 Å². The molecule has 0 aromatic heterocycles. The summed E-state index contributed by atoms with van der Waals surface area (Å²) in [7, 11) is 0. The maximum Gasteiger partial charge on any atom is -0.0184 e. The average Bonchev–Trinajstić information content (AvgIpc) is 3.53. The first kappa shape index (κ1) is 42.0. The number of rotatable bonds is 18. The molecule has 0 aliphatic heterocycles. The Kier molecular flexibility index (Phi) is 15.2. The summed E-state index contributed by atoms with van der Waals surface area (Å²) in [5.74, 6) is 13.6. The van der Waals surface area contributed by atoms with Crippen LogP contribution in [0.4, 0.5) is 0 Å². The molecular formula is C44H88. The Morgan fingerprint density at radius 3 is 0.955 bits per heavy atom. The van der Waals surface area contributed by atoms with Gasteiger partial charge in [0, 0.05) is 0 Å². The molecule has 9 atom stereocenters. The fourth-order valence-corrected chi connectivity index (χ4v) is 13.2. The van der Waals surface area contributed by atoms with E-state index >= 15 is 0 Å². The summed E-state index contributed by atoms with van der Waals surface area (Å²) >= 11 is 0. The van der Waals surface area contributed by atoms with Crippen LogP contribution in [-0.2, 0) is 0 Å². The molecule has 0 heterocycles. The monoisotopic (exact) mass is 617 g/mol. The average molecular weight is 617 g/mol. The summed E-state index contributed by atoms with van der Waals surface area (Å²) in [6, 6.07) is 0. The lowest BCUT2D eigenvalue weighted by Crippen LogP contribution is -2.59. The molecule has 1 fully saturated rings. The zero-order chi connectivity index (χ0) is 35.0. The van der Waals surface area contributed by atoms with E-state index in [1.165, 1.54) is 0 Å². The lowest BCUT2D eigenvalue weighted by atomic mass is 9.40. The normalized spacial score (nSPS) is 24.6. The third kappa shape index (κ3) is 7.66. The van der Waals surface area contributed by atoms with Gasteiger partial charge in [0.25, 0.3) is 0 Å². The van der Waals surface area contributed by atoms with Gasteiger partial charge in [0.05, 0.1) is 0 Å². The van der Waals surface area contributed by atoms with Crippen LogP contribution in [0.2, 0.25) is 0 Å². The van der Waals surface area contributed by atoms with Gasteiger partial charge in [-0.1, -0.05) is 159 Å². The maximum atomic E-state index is 2.70. The fraction of sp³-hybridized carbons (Fsp3) is 1.00. The molecule has 9 unspecified atom stereocenters. The second kappa shape index (κ2) is 15.9. The maximum absolute atomic E-state index is 2.70. The van der Waals surface area contributed by atoms with E-state index in [0.29, 0.717) is 82.3 Å². The molecule has 0 aromatic carbocycles. The van der Waals surface area contributed by atoms with Crippen LogP contribution in [0.5, 0.6) is 0 Å². The molecular weight excluding hydrogens is 528 g/mol. The third-order valence-electron chi connectivity index (χ3n) is 14.8. The Labute approximate surface area is 281 Å². The van der Waals surface area contributed by atoms with Crippen molar-refractivity contribution in [1.82, 2.24) is 0 Å². The van der Waals surface area contributed by atoms with Crippen molar-refractivity contribution < 1.29 is 0 Å². The quantitative estimate of drug-likeness (QED) is 0.144. The molecule has 0 bridgehead atoms. The summed E-state index contributed by atoms with van der Waals surface area (Å²) in [5.41, 5.74) is 0.551. The Morgan fingerprint density at radius 2 is 0.727 bits per heavy atom. The third-order valence-corrected chi connectivity index (χ3v) is 14.8. The van der Waals surface area contributed by atoms with E-state index in [0.717, 1.165) is 35.5 Å². The predicted octanol–water partition coefficient (Wildman–Crippen LogP) is 14.1. The molecule has 0 nitrogen and oxygen atoms in total. The zero-order valence-electron chi connectivity index (χ0n) is 35.0. The highest BCUT2D eigenvalue weighted by Gasteiger charge is 2.62. The molecule has 1 aliphatic rings. The Hall–Kier alpha value is 0. The lowest BCUT2D eigenvalue weighted by molar-refractivity contribution is -0.168. The van der Waals surface area contributed by atoms with Crippen molar-refractivity contribution in [3.8, 4) is 0 Å². The van der Waals surface area contributed by atoms with Crippen molar-refractivity contribution in [1.29, 1.82) is 0 Å². The molecule has 264 valence electrons. The van der Waals surface area contributed by atoms with Gasteiger partial charge in [-0.3, -0.25) is 0 Å². The van der Waals surface area contributed by atoms with Gasteiger partial charge < -0.3 is 0 Å². The number of hydrogen-bond donors (Lipinski definition) is 0. The highest BCUT2D eigenvalue weighted by molar-refractivity contribution is 5.09. The second-order valence-corrected chi connectivity index (χ2v) is 20.1. The summed E-state index contributed by atoms with van der Waals surface area (Å²) in [4.78, 5) is 0. The SMILES string of the molecule is CC(C)C1C(C)C1C(C)C(C(C)C)C(C(C)C)C(C(C)C)(C(C)C)C(C(C)C)C(C(C)C)C(C(C)C)C(C)(C(C)C)C(C)C. The topological polar surface area (TPSA) is 0 Å². The van der Waals surface area contributed by atoms with Crippen LogP contribution in [0.3, 0.4) is 0 Å². The molecule has 0 heteroatoms. The first-order valence-corrected chi connectivity index (χ1v) is 19.9. The van der Waals surface area contributed by atoms with Crippen LogP contribution in [-0.4, -0.2) is 0 Å². The molecule has 0 radical (unpaired) electrons. The first-order valence-electron chi connectivity index (χ1n) is 19.9. The van der Waals surface area contributed by atoms with Crippen molar-refractivity contribution in [2.24, 2.45) is 123 Å². The van der Waals surface area contributed by atoms with E-state index < -0.39 is 0 Å². The summed E-state index contributed by atoms with van der Waals surface area (Å²) in [6.07, 6.45) is 0. The summed E-state index contributed by atoms with van der Waals surface area (Å²) < 4.78 is 0. The van der Waals surface area contributed by atoms with Crippen LogP contribution >= 0.6 is 0 Å². The van der Waals surface area contributed by atoms with Crippen molar-refractivity contribution >= 4 is 0 Å². The number of hydrogen-bond acceptors (Lipinski definition) is 0. The van der Waals surface area contributed by atoms with Crippen molar-refractivity contribution in [3.63, 3.8) is 0 Å². The Balaban J connectivity index is 4.28. The Morgan fingerprint density at radius 1 is 0.386 bits per heavy atom. The molecule has 1 saturated carbocycles. The minimum absolute atomic E-state index is 0.258. The first-order chi connectivity index (χ1) is 19.9. The van der Waals surface area contributed by atoms with Crippen LogP contribution in [0, 0.1) is 123 Å². The molecule has 0 aromatic rings. The van der Waals surface area contributed by atoms with Crippen LogP contribution in [0.1, 0.15) is 159 Å². The van der Waals surface area contributed by atoms with E-state index in [2.05, 4.69) is 159 Å². The van der Waals surface area contributed by atoms with Gasteiger partial charge in [-0.15, -0.1) is 0 Å². The van der Waals surface area contributed by atoms with E-state index in [1.54, 1.807) is 0 Å². The molecule has 1 rings (SSSR count). The Bertz CT molecular complexity index is 803. The molecule has 0 saturated heterocycles. The standard InChI is InChI=1S/C44H88/c1-24(2)36-34(21)39(36)35(22)37(25(3)4)41(28(9)10)44(32(17)18,33(19)20)42(29(11)12)38(26(5)6)40(27(7)8)43(23,30(13)14)31(15)16/h24-42H,1-23H3. The van der Waals surface area contributed by atoms with Crippen LogP contribution < -0.4 is 0 Å². The summed E-state index contributed by atoms with van der Waals surface area (Å²) in [6.45, 7) is 59.7. The molecule has 0 amide bonds. The van der Waals surface area contributed by atoms with Gasteiger partial charge >= 0.3 is 0 Å². The van der Waals surface area contributed by atoms with Gasteiger partial charge in [0.1, 0.15) is 0 Å². The van der Waals surface area contributed by atoms with Gasteiger partial charge in [-0.25, -0.2) is 0 Å².